The molecule has 0 aliphatic heterocycles. The van der Waals surface area contributed by atoms with Gasteiger partial charge in [-0.25, -0.2) is 0 Å². The SMILES string of the molecule is CC(=O)c1ccccc1N(Cc1ccccc1)Cc1ccccc1. The Bertz CT molecular complexity index is 755. The van der Waals surface area contributed by atoms with Crippen molar-refractivity contribution in [2.75, 3.05) is 4.90 Å². The van der Waals surface area contributed by atoms with E-state index in [0.717, 1.165) is 24.3 Å². The lowest BCUT2D eigenvalue weighted by molar-refractivity contribution is 0.101. The van der Waals surface area contributed by atoms with E-state index in [4.69, 9.17) is 0 Å². The van der Waals surface area contributed by atoms with E-state index in [1.165, 1.54) is 11.1 Å². The molecule has 0 heterocycles. The van der Waals surface area contributed by atoms with Gasteiger partial charge in [0.2, 0.25) is 0 Å². The summed E-state index contributed by atoms with van der Waals surface area (Å²) < 4.78 is 0. The molecule has 0 aromatic heterocycles. The van der Waals surface area contributed by atoms with Crippen molar-refractivity contribution in [2.45, 2.75) is 20.0 Å². The van der Waals surface area contributed by atoms with E-state index in [0.29, 0.717) is 0 Å². The predicted octanol–water partition coefficient (Wildman–Crippen LogP) is 5.10. The lowest BCUT2D eigenvalue weighted by Crippen LogP contribution is -2.24. The smallest absolute Gasteiger partial charge is 0.161 e. The second kappa shape index (κ2) is 7.60. The number of anilines is 1. The van der Waals surface area contributed by atoms with Gasteiger partial charge in [0, 0.05) is 24.3 Å². The predicted molar refractivity (Wildman–Crippen MR) is 99.2 cm³/mol. The molecule has 24 heavy (non-hydrogen) atoms. The Kier molecular flexibility index (Phi) is 5.07. The molecule has 0 unspecified atom stereocenters. The molecule has 0 atom stereocenters. The normalized spacial score (nSPS) is 10.4. The van der Waals surface area contributed by atoms with Crippen LogP contribution in [0, 0.1) is 0 Å². The third kappa shape index (κ3) is 3.90. The number of Topliss-reactive ketones (excluding diaryl/α,β-unsaturated/α-hetero) is 1. The average Bonchev–Trinajstić information content (AvgIpc) is 2.63. The molecule has 2 nitrogen and oxygen atoms in total. The van der Waals surface area contributed by atoms with Gasteiger partial charge in [-0.15, -0.1) is 0 Å². The zero-order valence-corrected chi connectivity index (χ0v) is 13.9. The monoisotopic (exact) mass is 315 g/mol. The van der Waals surface area contributed by atoms with Crippen molar-refractivity contribution in [3.8, 4) is 0 Å². The van der Waals surface area contributed by atoms with Crippen LogP contribution in [-0.4, -0.2) is 5.78 Å². The van der Waals surface area contributed by atoms with E-state index in [-0.39, 0.29) is 5.78 Å². The largest absolute Gasteiger partial charge is 0.362 e. The average molecular weight is 315 g/mol. The summed E-state index contributed by atoms with van der Waals surface area (Å²) in [5.41, 5.74) is 4.21. The zero-order chi connectivity index (χ0) is 16.8. The van der Waals surface area contributed by atoms with Crippen molar-refractivity contribution < 1.29 is 4.79 Å². The molecule has 3 rings (SSSR count). The molecule has 0 bridgehead atoms. The van der Waals surface area contributed by atoms with E-state index in [1.807, 2.05) is 60.7 Å². The number of rotatable bonds is 6. The van der Waals surface area contributed by atoms with Crippen LogP contribution in [0.1, 0.15) is 28.4 Å². The maximum Gasteiger partial charge on any atom is 0.161 e. The number of hydrogen-bond donors (Lipinski definition) is 0. The summed E-state index contributed by atoms with van der Waals surface area (Å²) in [6, 6.07) is 28.6. The molecule has 3 aromatic rings. The standard InChI is InChI=1S/C22H21NO/c1-18(24)21-14-8-9-15-22(21)23(16-19-10-4-2-5-11-19)17-20-12-6-3-7-13-20/h2-15H,16-17H2,1H3. The van der Waals surface area contributed by atoms with Gasteiger partial charge in [-0.2, -0.15) is 0 Å². The van der Waals surface area contributed by atoms with Crippen LogP contribution in [0.3, 0.4) is 0 Å². The van der Waals surface area contributed by atoms with Gasteiger partial charge in [0.05, 0.1) is 0 Å². The Labute approximate surface area is 143 Å². The van der Waals surface area contributed by atoms with Crippen LogP contribution >= 0.6 is 0 Å². The van der Waals surface area contributed by atoms with Gasteiger partial charge >= 0.3 is 0 Å². The molecule has 0 amide bonds. The minimum absolute atomic E-state index is 0.0942. The number of para-hydroxylation sites is 1. The lowest BCUT2D eigenvalue weighted by atomic mass is 10.1. The molecule has 0 radical (unpaired) electrons. The summed E-state index contributed by atoms with van der Waals surface area (Å²) in [5.74, 6) is 0.0942. The van der Waals surface area contributed by atoms with Crippen molar-refractivity contribution in [1.29, 1.82) is 0 Å². The molecule has 0 aliphatic rings. The highest BCUT2D eigenvalue weighted by molar-refractivity contribution is 5.99. The van der Waals surface area contributed by atoms with Crippen molar-refractivity contribution in [1.82, 2.24) is 0 Å². The van der Waals surface area contributed by atoms with Crippen LogP contribution in [0.25, 0.3) is 0 Å². The fourth-order valence-corrected chi connectivity index (χ4v) is 2.88. The van der Waals surface area contributed by atoms with Gasteiger partial charge in [-0.05, 0) is 30.2 Å². The summed E-state index contributed by atoms with van der Waals surface area (Å²) in [5, 5.41) is 0. The fourth-order valence-electron chi connectivity index (χ4n) is 2.88. The topological polar surface area (TPSA) is 20.3 Å². The van der Waals surface area contributed by atoms with Crippen molar-refractivity contribution in [3.63, 3.8) is 0 Å². The summed E-state index contributed by atoms with van der Waals surface area (Å²) in [6.07, 6.45) is 0. The van der Waals surface area contributed by atoms with Gasteiger partial charge in [0.25, 0.3) is 0 Å². The molecular formula is C22H21NO. The van der Waals surface area contributed by atoms with Gasteiger partial charge < -0.3 is 4.90 Å². The van der Waals surface area contributed by atoms with Crippen LogP contribution in [0.2, 0.25) is 0 Å². The number of hydrogen-bond acceptors (Lipinski definition) is 2. The number of nitrogens with zero attached hydrogens (tertiary/aromatic N) is 1. The molecular weight excluding hydrogens is 294 g/mol. The Morgan fingerprint density at radius 1 is 0.708 bits per heavy atom. The van der Waals surface area contributed by atoms with Crippen molar-refractivity contribution >= 4 is 11.5 Å². The van der Waals surface area contributed by atoms with E-state index in [1.54, 1.807) is 6.92 Å². The minimum Gasteiger partial charge on any atom is -0.362 e. The Hall–Kier alpha value is -2.87. The molecule has 0 fully saturated rings. The highest BCUT2D eigenvalue weighted by Crippen LogP contribution is 2.25. The van der Waals surface area contributed by atoms with E-state index in [2.05, 4.69) is 29.2 Å². The first-order valence-corrected chi connectivity index (χ1v) is 8.17. The maximum atomic E-state index is 12.0. The highest BCUT2D eigenvalue weighted by atomic mass is 16.1. The lowest BCUT2D eigenvalue weighted by Gasteiger charge is -2.27. The fraction of sp³-hybridized carbons (Fsp3) is 0.136. The minimum atomic E-state index is 0.0942. The van der Waals surface area contributed by atoms with Gasteiger partial charge in [-0.1, -0.05) is 72.8 Å². The van der Waals surface area contributed by atoms with Gasteiger partial charge in [0.1, 0.15) is 0 Å². The highest BCUT2D eigenvalue weighted by Gasteiger charge is 2.14. The number of carbonyl (C=O) groups is 1. The molecule has 0 saturated carbocycles. The van der Waals surface area contributed by atoms with Crippen LogP contribution in [-0.2, 0) is 13.1 Å². The molecule has 0 saturated heterocycles. The molecule has 0 aliphatic carbocycles. The Morgan fingerprint density at radius 2 is 1.17 bits per heavy atom. The van der Waals surface area contributed by atoms with Crippen LogP contribution < -0.4 is 4.90 Å². The Balaban J connectivity index is 1.97. The third-order valence-corrected chi connectivity index (χ3v) is 4.06. The number of benzene rings is 3. The second-order valence-electron chi connectivity index (χ2n) is 5.90. The summed E-state index contributed by atoms with van der Waals surface area (Å²) in [6.45, 7) is 3.15. The quantitative estimate of drug-likeness (QED) is 0.590. The van der Waals surface area contributed by atoms with E-state index < -0.39 is 0 Å². The summed E-state index contributed by atoms with van der Waals surface area (Å²) in [7, 11) is 0. The van der Waals surface area contributed by atoms with Crippen molar-refractivity contribution in [3.05, 3.63) is 102 Å². The van der Waals surface area contributed by atoms with Crippen LogP contribution in [0.15, 0.2) is 84.9 Å². The van der Waals surface area contributed by atoms with Crippen LogP contribution in [0.4, 0.5) is 5.69 Å². The molecule has 2 heteroatoms. The third-order valence-electron chi connectivity index (χ3n) is 4.06. The van der Waals surface area contributed by atoms with Gasteiger partial charge in [-0.3, -0.25) is 4.79 Å². The summed E-state index contributed by atoms with van der Waals surface area (Å²) >= 11 is 0. The maximum absolute atomic E-state index is 12.0. The first-order valence-electron chi connectivity index (χ1n) is 8.17. The van der Waals surface area contributed by atoms with Crippen molar-refractivity contribution in [2.24, 2.45) is 0 Å². The first kappa shape index (κ1) is 16.0. The molecule has 0 spiro atoms. The molecule has 120 valence electrons. The van der Waals surface area contributed by atoms with Gasteiger partial charge in [0.15, 0.2) is 5.78 Å². The number of carbonyl (C=O) groups excluding carboxylic acids is 1. The van der Waals surface area contributed by atoms with Crippen LogP contribution in [0.5, 0.6) is 0 Å². The molecule has 0 N–H and O–H groups in total. The van der Waals surface area contributed by atoms with E-state index >= 15 is 0 Å². The molecule has 3 aromatic carbocycles. The first-order chi connectivity index (χ1) is 11.7. The summed E-state index contributed by atoms with van der Waals surface area (Å²) in [4.78, 5) is 14.3. The second-order valence-corrected chi connectivity index (χ2v) is 5.90. The zero-order valence-electron chi connectivity index (χ0n) is 13.9. The number of ketones is 1. The van der Waals surface area contributed by atoms with E-state index in [9.17, 15) is 4.79 Å². The Morgan fingerprint density at radius 3 is 1.67 bits per heavy atom.